The van der Waals surface area contributed by atoms with E-state index in [-0.39, 0.29) is 0 Å². The van der Waals surface area contributed by atoms with E-state index in [2.05, 4.69) is 54.9 Å². The third-order valence-electron chi connectivity index (χ3n) is 3.52. The molecule has 1 aromatic carbocycles. The van der Waals surface area contributed by atoms with Crippen LogP contribution in [0.1, 0.15) is 22.7 Å². The lowest BCUT2D eigenvalue weighted by molar-refractivity contribution is 0.203. The highest BCUT2D eigenvalue weighted by molar-refractivity contribution is 5.35. The van der Waals surface area contributed by atoms with Crippen LogP contribution in [0.3, 0.4) is 0 Å². The second-order valence-electron chi connectivity index (χ2n) is 4.83. The monoisotopic (exact) mass is 230 g/mol. The Morgan fingerprint density at radius 3 is 2.65 bits per heavy atom. The van der Waals surface area contributed by atoms with E-state index >= 15 is 0 Å². The second kappa shape index (κ2) is 5.48. The van der Waals surface area contributed by atoms with E-state index in [0.29, 0.717) is 6.04 Å². The van der Waals surface area contributed by atoms with Crippen molar-refractivity contribution in [1.29, 1.82) is 0 Å². The van der Waals surface area contributed by atoms with Crippen LogP contribution in [-0.2, 0) is 0 Å². The molecular formula is C15H22N2. The van der Waals surface area contributed by atoms with Crippen LogP contribution in [0.4, 0.5) is 0 Å². The highest BCUT2D eigenvalue weighted by Gasteiger charge is 2.20. The molecule has 1 saturated heterocycles. The van der Waals surface area contributed by atoms with E-state index in [4.69, 9.17) is 0 Å². The van der Waals surface area contributed by atoms with Gasteiger partial charge in [0.2, 0.25) is 0 Å². The van der Waals surface area contributed by atoms with Crippen LogP contribution in [0.5, 0.6) is 0 Å². The van der Waals surface area contributed by atoms with Crippen LogP contribution in [0.2, 0.25) is 0 Å². The summed E-state index contributed by atoms with van der Waals surface area (Å²) < 4.78 is 0. The zero-order valence-corrected chi connectivity index (χ0v) is 10.9. The molecule has 2 heteroatoms. The molecule has 92 valence electrons. The largest absolute Gasteiger partial charge is 0.314 e. The Balaban J connectivity index is 2.27. The summed E-state index contributed by atoms with van der Waals surface area (Å²) >= 11 is 0. The highest BCUT2D eigenvalue weighted by atomic mass is 15.2. The van der Waals surface area contributed by atoms with E-state index in [1.807, 2.05) is 0 Å². The van der Waals surface area contributed by atoms with Crippen molar-refractivity contribution in [3.63, 3.8) is 0 Å². The van der Waals surface area contributed by atoms with Crippen molar-refractivity contribution in [3.8, 4) is 0 Å². The van der Waals surface area contributed by atoms with E-state index in [1.165, 1.54) is 16.7 Å². The van der Waals surface area contributed by atoms with Gasteiger partial charge >= 0.3 is 0 Å². The van der Waals surface area contributed by atoms with Crippen molar-refractivity contribution in [2.75, 3.05) is 26.2 Å². The van der Waals surface area contributed by atoms with Gasteiger partial charge in [-0.1, -0.05) is 29.8 Å². The third-order valence-corrected chi connectivity index (χ3v) is 3.52. The maximum atomic E-state index is 4.02. The fraction of sp³-hybridized carbons (Fsp3) is 0.467. The highest BCUT2D eigenvalue weighted by Crippen LogP contribution is 2.26. The van der Waals surface area contributed by atoms with Gasteiger partial charge < -0.3 is 5.32 Å². The van der Waals surface area contributed by atoms with Crippen molar-refractivity contribution in [1.82, 2.24) is 10.2 Å². The first kappa shape index (κ1) is 12.3. The van der Waals surface area contributed by atoms with Gasteiger partial charge in [0.25, 0.3) is 0 Å². The fourth-order valence-electron chi connectivity index (χ4n) is 2.51. The number of rotatable bonds is 3. The first-order chi connectivity index (χ1) is 8.22. The molecule has 1 N–H and O–H groups in total. The molecule has 1 fully saturated rings. The topological polar surface area (TPSA) is 15.3 Å². The quantitative estimate of drug-likeness (QED) is 0.802. The number of nitrogens with one attached hydrogen (secondary N) is 1. The molecule has 2 nitrogen and oxygen atoms in total. The minimum absolute atomic E-state index is 0.358. The Bertz CT molecular complexity index is 392. The molecule has 0 aromatic heterocycles. The molecule has 0 unspecified atom stereocenters. The Labute approximate surface area is 104 Å². The second-order valence-corrected chi connectivity index (χ2v) is 4.83. The molecule has 0 radical (unpaired) electrons. The smallest absolute Gasteiger partial charge is 0.0532 e. The predicted molar refractivity (Wildman–Crippen MR) is 73.3 cm³/mol. The predicted octanol–water partition coefficient (Wildman–Crippen LogP) is 2.44. The molecule has 0 bridgehead atoms. The number of benzene rings is 1. The maximum absolute atomic E-state index is 4.02. The molecule has 1 aromatic rings. The summed E-state index contributed by atoms with van der Waals surface area (Å²) in [6.07, 6.45) is 2.08. The van der Waals surface area contributed by atoms with Crippen molar-refractivity contribution in [2.24, 2.45) is 0 Å². The van der Waals surface area contributed by atoms with Gasteiger partial charge in [0, 0.05) is 26.2 Å². The van der Waals surface area contributed by atoms with Gasteiger partial charge in [0.05, 0.1) is 6.04 Å². The summed E-state index contributed by atoms with van der Waals surface area (Å²) in [4.78, 5) is 2.51. The van der Waals surface area contributed by atoms with Gasteiger partial charge in [-0.25, -0.2) is 0 Å². The van der Waals surface area contributed by atoms with Crippen molar-refractivity contribution >= 4 is 0 Å². The molecule has 0 spiro atoms. The van der Waals surface area contributed by atoms with Crippen molar-refractivity contribution < 1.29 is 0 Å². The van der Waals surface area contributed by atoms with Gasteiger partial charge in [0.15, 0.2) is 0 Å². The molecule has 0 aliphatic carbocycles. The molecule has 17 heavy (non-hydrogen) atoms. The van der Waals surface area contributed by atoms with Crippen molar-refractivity contribution in [2.45, 2.75) is 19.9 Å². The van der Waals surface area contributed by atoms with E-state index in [0.717, 1.165) is 26.2 Å². The summed E-state index contributed by atoms with van der Waals surface area (Å²) in [6.45, 7) is 12.7. The van der Waals surface area contributed by atoms with E-state index in [1.54, 1.807) is 0 Å². The average molecular weight is 230 g/mol. The Morgan fingerprint density at radius 1 is 1.29 bits per heavy atom. The van der Waals surface area contributed by atoms with Crippen LogP contribution < -0.4 is 5.32 Å². The fourth-order valence-corrected chi connectivity index (χ4v) is 2.51. The number of nitrogens with zero attached hydrogens (tertiary/aromatic N) is 1. The molecule has 1 atom stereocenters. The lowest BCUT2D eigenvalue weighted by atomic mass is 9.97. The molecule has 0 saturated carbocycles. The number of hydrogen-bond acceptors (Lipinski definition) is 2. The summed E-state index contributed by atoms with van der Waals surface area (Å²) in [7, 11) is 0. The number of piperazine rings is 1. The Hall–Kier alpha value is -1.12. The molecule has 2 rings (SSSR count). The van der Waals surface area contributed by atoms with Gasteiger partial charge in [0.1, 0.15) is 0 Å². The summed E-state index contributed by atoms with van der Waals surface area (Å²) in [5, 5.41) is 3.40. The van der Waals surface area contributed by atoms with E-state index in [9.17, 15) is 0 Å². The zero-order chi connectivity index (χ0) is 12.3. The molecule has 1 heterocycles. The number of aryl methyl sites for hydroxylation is 2. The minimum Gasteiger partial charge on any atom is -0.314 e. The zero-order valence-electron chi connectivity index (χ0n) is 10.9. The summed E-state index contributed by atoms with van der Waals surface area (Å²) in [5.41, 5.74) is 4.09. The Morgan fingerprint density at radius 2 is 2.00 bits per heavy atom. The van der Waals surface area contributed by atoms with Crippen LogP contribution in [0.25, 0.3) is 0 Å². The molecule has 0 amide bonds. The van der Waals surface area contributed by atoms with Gasteiger partial charge in [-0.05, 0) is 25.0 Å². The molecule has 1 aliphatic heterocycles. The lowest BCUT2D eigenvalue weighted by Crippen LogP contribution is -2.44. The SMILES string of the molecule is C=C[C@H](c1cc(C)ccc1C)N1CCNCC1. The van der Waals surface area contributed by atoms with Crippen LogP contribution in [-0.4, -0.2) is 31.1 Å². The molecular weight excluding hydrogens is 208 g/mol. The number of hydrogen-bond donors (Lipinski definition) is 1. The van der Waals surface area contributed by atoms with Crippen LogP contribution in [0, 0.1) is 13.8 Å². The third kappa shape index (κ3) is 2.76. The summed E-state index contributed by atoms with van der Waals surface area (Å²) in [5.74, 6) is 0. The van der Waals surface area contributed by atoms with E-state index < -0.39 is 0 Å². The molecule has 1 aliphatic rings. The Kier molecular flexibility index (Phi) is 3.97. The van der Waals surface area contributed by atoms with Gasteiger partial charge in [-0.2, -0.15) is 0 Å². The van der Waals surface area contributed by atoms with Crippen molar-refractivity contribution in [3.05, 3.63) is 47.5 Å². The summed E-state index contributed by atoms with van der Waals surface area (Å²) in [6, 6.07) is 7.04. The standard InChI is InChI=1S/C15H22N2/c1-4-15(17-9-7-16-8-10-17)14-11-12(2)5-6-13(14)3/h4-6,11,15-16H,1,7-10H2,2-3H3/t15-/m1/s1. The van der Waals surface area contributed by atoms with Gasteiger partial charge in [-0.15, -0.1) is 6.58 Å². The average Bonchev–Trinajstić information content (AvgIpc) is 2.36. The van der Waals surface area contributed by atoms with Crippen LogP contribution in [0.15, 0.2) is 30.9 Å². The minimum atomic E-state index is 0.358. The van der Waals surface area contributed by atoms with Crippen LogP contribution >= 0.6 is 0 Å². The lowest BCUT2D eigenvalue weighted by Gasteiger charge is -2.34. The normalized spacial score (nSPS) is 18.9. The maximum Gasteiger partial charge on any atom is 0.0532 e. The first-order valence-electron chi connectivity index (χ1n) is 6.37. The van der Waals surface area contributed by atoms with Gasteiger partial charge in [-0.3, -0.25) is 4.90 Å². The first-order valence-corrected chi connectivity index (χ1v) is 6.37.